The van der Waals surface area contributed by atoms with Crippen molar-refractivity contribution in [1.82, 2.24) is 15.6 Å². The number of benzene rings is 2. The maximum Gasteiger partial charge on any atom is 0.233 e. The molecule has 7 nitrogen and oxygen atoms in total. The lowest BCUT2D eigenvalue weighted by Gasteiger charge is -2.18. The highest BCUT2D eigenvalue weighted by Gasteiger charge is 2.20. The van der Waals surface area contributed by atoms with Crippen LogP contribution < -0.4 is 21.3 Å². The molecule has 4 N–H and O–H groups in total. The van der Waals surface area contributed by atoms with Crippen molar-refractivity contribution in [3.8, 4) is 6.07 Å². The Morgan fingerprint density at radius 1 is 1.00 bits per heavy atom. The summed E-state index contributed by atoms with van der Waals surface area (Å²) >= 11 is 0. The summed E-state index contributed by atoms with van der Waals surface area (Å²) in [6, 6.07) is 23.2. The van der Waals surface area contributed by atoms with Gasteiger partial charge in [-0.15, -0.1) is 0 Å². The number of likely N-dealkylation sites (N-methyl/N-ethyl adjacent to an activating group) is 1. The van der Waals surface area contributed by atoms with Crippen molar-refractivity contribution in [2.75, 3.05) is 43.9 Å². The Bertz CT molecular complexity index is 1030. The van der Waals surface area contributed by atoms with Crippen LogP contribution >= 0.6 is 0 Å². The third-order valence-electron chi connectivity index (χ3n) is 5.25. The van der Waals surface area contributed by atoms with E-state index >= 15 is 0 Å². The third-order valence-corrected chi connectivity index (χ3v) is 5.25. The molecule has 0 saturated carbocycles. The smallest absolute Gasteiger partial charge is 0.233 e. The number of hydrogen-bond donors (Lipinski definition) is 4. The number of nitrogens with zero attached hydrogens (tertiary/aromatic N) is 2. The summed E-state index contributed by atoms with van der Waals surface area (Å²) in [4.78, 5) is 17.5. The Labute approximate surface area is 195 Å². The SMILES string of the molecule is CNCCNc1ccc(NC(=O)C(CNCCc2ccc(C#N)cc2)c2ccccc2)cn1. The van der Waals surface area contributed by atoms with Gasteiger partial charge in [-0.1, -0.05) is 42.5 Å². The minimum atomic E-state index is -0.333. The monoisotopic (exact) mass is 442 g/mol. The van der Waals surface area contributed by atoms with Crippen LogP contribution in [-0.2, 0) is 11.2 Å². The highest BCUT2D eigenvalue weighted by atomic mass is 16.1. The van der Waals surface area contributed by atoms with Gasteiger partial charge in [0.05, 0.1) is 29.4 Å². The fourth-order valence-corrected chi connectivity index (χ4v) is 3.39. The molecule has 33 heavy (non-hydrogen) atoms. The molecule has 7 heteroatoms. The number of hydrogen-bond acceptors (Lipinski definition) is 6. The van der Waals surface area contributed by atoms with Gasteiger partial charge in [-0.25, -0.2) is 4.98 Å². The Kier molecular flexibility index (Phi) is 9.40. The Morgan fingerprint density at radius 2 is 1.79 bits per heavy atom. The van der Waals surface area contributed by atoms with E-state index in [9.17, 15) is 4.79 Å². The predicted molar refractivity (Wildman–Crippen MR) is 132 cm³/mol. The Balaban J connectivity index is 1.57. The molecule has 0 fully saturated rings. The molecule has 0 radical (unpaired) electrons. The maximum absolute atomic E-state index is 13.1. The molecule has 0 aliphatic carbocycles. The quantitative estimate of drug-likeness (QED) is 0.322. The van der Waals surface area contributed by atoms with E-state index in [-0.39, 0.29) is 11.8 Å². The van der Waals surface area contributed by atoms with Crippen LogP contribution in [0.4, 0.5) is 11.5 Å². The first-order valence-corrected chi connectivity index (χ1v) is 11.1. The highest BCUT2D eigenvalue weighted by molar-refractivity contribution is 5.96. The van der Waals surface area contributed by atoms with Gasteiger partial charge in [-0.3, -0.25) is 4.79 Å². The molecular weight excluding hydrogens is 412 g/mol. The molecule has 170 valence electrons. The second kappa shape index (κ2) is 13.0. The molecule has 1 amide bonds. The van der Waals surface area contributed by atoms with E-state index in [0.717, 1.165) is 43.0 Å². The van der Waals surface area contributed by atoms with Crippen LogP contribution in [0.3, 0.4) is 0 Å². The number of amides is 1. The lowest BCUT2D eigenvalue weighted by molar-refractivity contribution is -0.117. The zero-order chi connectivity index (χ0) is 23.3. The molecule has 1 aromatic heterocycles. The van der Waals surface area contributed by atoms with Crippen LogP contribution in [-0.4, -0.2) is 44.1 Å². The van der Waals surface area contributed by atoms with Gasteiger partial charge >= 0.3 is 0 Å². The minimum absolute atomic E-state index is 0.0789. The average Bonchev–Trinajstić information content (AvgIpc) is 2.86. The second-order valence-corrected chi connectivity index (χ2v) is 7.68. The number of carbonyl (C=O) groups is 1. The average molecular weight is 443 g/mol. The fourth-order valence-electron chi connectivity index (χ4n) is 3.39. The van der Waals surface area contributed by atoms with Crippen molar-refractivity contribution in [3.05, 3.63) is 89.6 Å². The molecule has 0 bridgehead atoms. The Hall–Kier alpha value is -3.73. The van der Waals surface area contributed by atoms with Crippen molar-refractivity contribution < 1.29 is 4.79 Å². The number of anilines is 2. The summed E-state index contributed by atoms with van der Waals surface area (Å²) in [5.41, 5.74) is 3.43. The first kappa shape index (κ1) is 23.9. The molecule has 1 heterocycles. The van der Waals surface area contributed by atoms with E-state index < -0.39 is 0 Å². The second-order valence-electron chi connectivity index (χ2n) is 7.68. The summed E-state index contributed by atoms with van der Waals surface area (Å²) < 4.78 is 0. The van der Waals surface area contributed by atoms with Gasteiger partial charge in [0.15, 0.2) is 0 Å². The van der Waals surface area contributed by atoms with Gasteiger partial charge in [-0.05, 0) is 55.4 Å². The van der Waals surface area contributed by atoms with E-state index in [2.05, 4.69) is 32.3 Å². The zero-order valence-electron chi connectivity index (χ0n) is 18.8. The number of pyridine rings is 1. The van der Waals surface area contributed by atoms with Crippen LogP contribution in [0.15, 0.2) is 72.9 Å². The molecule has 3 rings (SSSR count). The minimum Gasteiger partial charge on any atom is -0.369 e. The molecule has 0 spiro atoms. The van der Waals surface area contributed by atoms with Crippen LogP contribution in [0, 0.1) is 11.3 Å². The number of nitrogens with one attached hydrogen (secondary N) is 4. The van der Waals surface area contributed by atoms with Crippen molar-refractivity contribution in [3.63, 3.8) is 0 Å². The molecule has 3 aromatic rings. The highest BCUT2D eigenvalue weighted by Crippen LogP contribution is 2.18. The number of carbonyl (C=O) groups excluding carboxylic acids is 1. The summed E-state index contributed by atoms with van der Waals surface area (Å²) in [6.45, 7) is 2.87. The van der Waals surface area contributed by atoms with Gasteiger partial charge in [0.1, 0.15) is 5.82 Å². The van der Waals surface area contributed by atoms with Gasteiger partial charge in [0.2, 0.25) is 5.91 Å². The number of nitriles is 1. The van der Waals surface area contributed by atoms with Crippen LogP contribution in [0.1, 0.15) is 22.6 Å². The zero-order valence-corrected chi connectivity index (χ0v) is 18.8. The Morgan fingerprint density at radius 3 is 2.45 bits per heavy atom. The van der Waals surface area contributed by atoms with E-state index in [4.69, 9.17) is 5.26 Å². The van der Waals surface area contributed by atoms with Crippen LogP contribution in [0.25, 0.3) is 0 Å². The molecule has 1 unspecified atom stereocenters. The normalized spacial score (nSPS) is 11.4. The first-order chi connectivity index (χ1) is 16.2. The van der Waals surface area contributed by atoms with Crippen molar-refractivity contribution in [2.24, 2.45) is 0 Å². The summed E-state index contributed by atoms with van der Waals surface area (Å²) in [6.07, 6.45) is 2.49. The number of aromatic nitrogens is 1. The maximum atomic E-state index is 13.1. The largest absolute Gasteiger partial charge is 0.369 e. The van der Waals surface area contributed by atoms with Crippen molar-refractivity contribution >= 4 is 17.4 Å². The molecule has 2 aromatic carbocycles. The van der Waals surface area contributed by atoms with E-state index in [1.165, 1.54) is 0 Å². The predicted octanol–water partition coefficient (Wildman–Crippen LogP) is 3.14. The van der Waals surface area contributed by atoms with E-state index in [1.807, 2.05) is 73.8 Å². The van der Waals surface area contributed by atoms with Crippen LogP contribution in [0.2, 0.25) is 0 Å². The van der Waals surface area contributed by atoms with Gasteiger partial charge in [-0.2, -0.15) is 5.26 Å². The number of rotatable bonds is 12. The third kappa shape index (κ3) is 7.72. The van der Waals surface area contributed by atoms with Gasteiger partial charge < -0.3 is 21.3 Å². The lowest BCUT2D eigenvalue weighted by Crippen LogP contribution is -2.32. The van der Waals surface area contributed by atoms with Gasteiger partial charge in [0.25, 0.3) is 0 Å². The van der Waals surface area contributed by atoms with E-state index in [1.54, 1.807) is 6.20 Å². The topological polar surface area (TPSA) is 102 Å². The van der Waals surface area contributed by atoms with Crippen molar-refractivity contribution in [1.29, 1.82) is 5.26 Å². The molecule has 1 atom stereocenters. The summed E-state index contributed by atoms with van der Waals surface area (Å²) in [5.74, 6) is 0.359. The molecular formula is C26H30N6O. The molecule has 0 aliphatic rings. The fraction of sp³-hybridized carbons (Fsp3) is 0.269. The standard InChI is InChI=1S/C26H30N6O/c1-28-15-16-30-25-12-11-23(18-31-25)32-26(33)24(22-5-3-2-4-6-22)19-29-14-13-20-7-9-21(17-27)10-8-20/h2-12,18,24,28-29H,13-16,19H2,1H3,(H,30,31)(H,32,33). The van der Waals surface area contributed by atoms with Gasteiger partial charge in [0, 0.05) is 19.6 Å². The van der Waals surface area contributed by atoms with E-state index in [0.29, 0.717) is 17.8 Å². The summed E-state index contributed by atoms with van der Waals surface area (Å²) in [7, 11) is 1.90. The summed E-state index contributed by atoms with van der Waals surface area (Å²) in [5, 5.41) is 21.6. The lowest BCUT2D eigenvalue weighted by atomic mass is 9.98. The molecule has 0 aliphatic heterocycles. The molecule has 0 saturated heterocycles. The first-order valence-electron chi connectivity index (χ1n) is 11.1. The van der Waals surface area contributed by atoms with Crippen molar-refractivity contribution in [2.45, 2.75) is 12.3 Å². The van der Waals surface area contributed by atoms with Crippen LogP contribution in [0.5, 0.6) is 0 Å².